The second-order valence-electron chi connectivity index (χ2n) is 10.7. The highest BCUT2D eigenvalue weighted by Crippen LogP contribution is 2.60. The first-order valence-electron chi connectivity index (χ1n) is 11.7. The third-order valence-corrected chi connectivity index (χ3v) is 8.18. The van der Waals surface area contributed by atoms with E-state index in [1.54, 1.807) is 11.0 Å². The van der Waals surface area contributed by atoms with E-state index < -0.39 is 11.0 Å². The van der Waals surface area contributed by atoms with Gasteiger partial charge < -0.3 is 10.2 Å². The van der Waals surface area contributed by atoms with E-state index >= 15 is 0 Å². The molecule has 1 N–H and O–H groups in total. The third-order valence-electron chi connectivity index (χ3n) is 8.18. The smallest absolute Gasteiger partial charge is 0.271 e. The molecule has 1 unspecified atom stereocenters. The molecule has 1 aliphatic heterocycles. The lowest BCUT2D eigenvalue weighted by atomic mass is 9.49. The number of amides is 2. The molecule has 7 heteroatoms. The summed E-state index contributed by atoms with van der Waals surface area (Å²) in [4.78, 5) is 39.5. The Morgan fingerprint density at radius 1 is 1.13 bits per heavy atom. The molecular formula is C24H31N3O4. The number of anilines is 1. The minimum Gasteiger partial charge on any atom is -0.344 e. The highest BCUT2D eigenvalue weighted by molar-refractivity contribution is 6.01. The van der Waals surface area contributed by atoms with Crippen molar-refractivity contribution < 1.29 is 14.5 Å². The number of benzene rings is 1. The molecule has 1 atom stereocenters. The van der Waals surface area contributed by atoms with Gasteiger partial charge in [-0.1, -0.05) is 19.9 Å². The molecule has 4 aliphatic carbocycles. The number of rotatable bonds is 5. The van der Waals surface area contributed by atoms with Crippen molar-refractivity contribution in [2.75, 3.05) is 11.4 Å². The molecule has 4 bridgehead atoms. The van der Waals surface area contributed by atoms with E-state index in [0.29, 0.717) is 36.4 Å². The van der Waals surface area contributed by atoms with Crippen LogP contribution in [0.1, 0.15) is 57.9 Å². The zero-order chi connectivity index (χ0) is 21.9. The maximum Gasteiger partial charge on any atom is 0.271 e. The predicted octanol–water partition coefficient (Wildman–Crippen LogP) is 3.84. The summed E-state index contributed by atoms with van der Waals surface area (Å²) in [5, 5.41) is 14.4. The Morgan fingerprint density at radius 3 is 2.29 bits per heavy atom. The lowest BCUT2D eigenvalue weighted by Gasteiger charge is -2.56. The molecule has 166 valence electrons. The van der Waals surface area contributed by atoms with E-state index in [4.69, 9.17) is 0 Å². The van der Waals surface area contributed by atoms with Gasteiger partial charge in [-0.15, -0.1) is 0 Å². The molecule has 1 heterocycles. The van der Waals surface area contributed by atoms with Crippen LogP contribution < -0.4 is 10.2 Å². The van der Waals surface area contributed by atoms with Crippen molar-refractivity contribution in [2.24, 2.45) is 29.1 Å². The summed E-state index contributed by atoms with van der Waals surface area (Å²) in [6, 6.07) is 4.09. The highest BCUT2D eigenvalue weighted by Gasteiger charge is 2.55. The Kier molecular flexibility index (Phi) is 4.83. The number of nitrogens with zero attached hydrogens (tertiary/aromatic N) is 2. The van der Waals surface area contributed by atoms with Crippen molar-refractivity contribution in [3.63, 3.8) is 0 Å². The summed E-state index contributed by atoms with van der Waals surface area (Å²) in [7, 11) is 0. The number of fused-ring (bicyclic) bond motifs is 1. The van der Waals surface area contributed by atoms with Crippen molar-refractivity contribution in [3.05, 3.63) is 33.9 Å². The third kappa shape index (κ3) is 3.42. The Hall–Kier alpha value is -2.44. The Labute approximate surface area is 182 Å². The van der Waals surface area contributed by atoms with Gasteiger partial charge in [-0.25, -0.2) is 0 Å². The SMILES string of the molecule is CC(C)C(NC(=O)C12CC3CC(CC(C3)C1)C2)C(=O)N1CCc2ccc([N+](=O)[O-])cc21. The fraction of sp³-hybridized carbons (Fsp3) is 0.667. The van der Waals surface area contributed by atoms with Crippen LogP contribution in [0.5, 0.6) is 0 Å². The second-order valence-corrected chi connectivity index (χ2v) is 10.7. The van der Waals surface area contributed by atoms with Crippen molar-refractivity contribution in [1.29, 1.82) is 0 Å². The van der Waals surface area contributed by atoms with Gasteiger partial charge in [-0.3, -0.25) is 19.7 Å². The first-order chi connectivity index (χ1) is 14.8. The molecule has 0 radical (unpaired) electrons. The maximum atomic E-state index is 13.5. The van der Waals surface area contributed by atoms with Gasteiger partial charge in [0.2, 0.25) is 11.8 Å². The van der Waals surface area contributed by atoms with Crippen LogP contribution in [0.4, 0.5) is 11.4 Å². The number of non-ortho nitro benzene ring substituents is 1. The van der Waals surface area contributed by atoms with Gasteiger partial charge in [0.15, 0.2) is 0 Å². The van der Waals surface area contributed by atoms with Crippen molar-refractivity contribution >= 4 is 23.2 Å². The molecule has 4 fully saturated rings. The Bertz CT molecular complexity index is 905. The lowest BCUT2D eigenvalue weighted by molar-refractivity contribution is -0.384. The van der Waals surface area contributed by atoms with Crippen LogP contribution in [0.15, 0.2) is 18.2 Å². The number of nitrogens with one attached hydrogen (secondary N) is 1. The minimum absolute atomic E-state index is 0.0165. The summed E-state index contributed by atoms with van der Waals surface area (Å²) in [5.41, 5.74) is 1.23. The molecule has 0 saturated heterocycles. The van der Waals surface area contributed by atoms with Crippen LogP contribution in [-0.2, 0) is 16.0 Å². The largest absolute Gasteiger partial charge is 0.344 e. The monoisotopic (exact) mass is 425 g/mol. The Morgan fingerprint density at radius 2 is 1.74 bits per heavy atom. The fourth-order valence-corrected chi connectivity index (χ4v) is 7.07. The molecule has 6 rings (SSSR count). The lowest BCUT2D eigenvalue weighted by Crippen LogP contribution is -2.58. The van der Waals surface area contributed by atoms with E-state index in [9.17, 15) is 19.7 Å². The van der Waals surface area contributed by atoms with Crippen molar-refractivity contribution in [2.45, 2.75) is 64.8 Å². The standard InChI is InChI=1S/C24H31N3O4/c1-14(2)21(22(28)26-6-5-18-3-4-19(27(30)31)10-20(18)26)25-23(29)24-11-15-7-16(12-24)9-17(8-15)13-24/h3-4,10,14-17,21H,5-9,11-13H2,1-2H3,(H,25,29). The van der Waals surface area contributed by atoms with Crippen LogP contribution in [0.25, 0.3) is 0 Å². The molecular weight excluding hydrogens is 394 g/mol. The zero-order valence-electron chi connectivity index (χ0n) is 18.3. The van der Waals surface area contributed by atoms with Gasteiger partial charge in [-0.2, -0.15) is 0 Å². The summed E-state index contributed by atoms with van der Waals surface area (Å²) >= 11 is 0. The summed E-state index contributed by atoms with van der Waals surface area (Å²) in [6.45, 7) is 4.39. The van der Waals surface area contributed by atoms with E-state index in [0.717, 1.165) is 24.8 Å². The number of carbonyl (C=O) groups excluding carboxylic acids is 2. The highest BCUT2D eigenvalue weighted by atomic mass is 16.6. The zero-order valence-corrected chi connectivity index (χ0v) is 18.3. The molecule has 7 nitrogen and oxygen atoms in total. The van der Waals surface area contributed by atoms with Crippen LogP contribution in [0, 0.1) is 39.2 Å². The van der Waals surface area contributed by atoms with Gasteiger partial charge in [0, 0.05) is 24.1 Å². The minimum atomic E-state index is -0.620. The van der Waals surface area contributed by atoms with Crippen molar-refractivity contribution in [1.82, 2.24) is 5.32 Å². The molecule has 0 spiro atoms. The van der Waals surface area contributed by atoms with E-state index in [1.807, 2.05) is 13.8 Å². The summed E-state index contributed by atoms with van der Waals surface area (Å²) in [6.07, 6.45) is 7.35. The van der Waals surface area contributed by atoms with Crippen LogP contribution in [-0.4, -0.2) is 29.3 Å². The predicted molar refractivity (Wildman–Crippen MR) is 117 cm³/mol. The number of nitro groups is 1. The molecule has 2 amide bonds. The maximum absolute atomic E-state index is 13.5. The molecule has 0 aromatic heterocycles. The molecule has 1 aromatic carbocycles. The van der Waals surface area contributed by atoms with E-state index in [1.165, 1.54) is 31.4 Å². The van der Waals surface area contributed by atoms with E-state index in [2.05, 4.69) is 5.32 Å². The molecule has 1 aromatic rings. The van der Waals surface area contributed by atoms with Crippen LogP contribution in [0.3, 0.4) is 0 Å². The summed E-state index contributed by atoms with van der Waals surface area (Å²) in [5.74, 6) is 1.82. The topological polar surface area (TPSA) is 92.6 Å². The number of carbonyl (C=O) groups is 2. The first-order valence-corrected chi connectivity index (χ1v) is 11.7. The van der Waals surface area contributed by atoms with Gasteiger partial charge in [-0.05, 0) is 74.2 Å². The average molecular weight is 426 g/mol. The average Bonchev–Trinajstić information content (AvgIpc) is 3.13. The number of nitro benzene ring substituents is 1. The van der Waals surface area contributed by atoms with Gasteiger partial charge in [0.05, 0.1) is 10.6 Å². The van der Waals surface area contributed by atoms with Gasteiger partial charge >= 0.3 is 0 Å². The fourth-order valence-electron chi connectivity index (χ4n) is 7.07. The Balaban J connectivity index is 1.36. The molecule has 5 aliphatic rings. The molecule has 31 heavy (non-hydrogen) atoms. The van der Waals surface area contributed by atoms with E-state index in [-0.39, 0.29) is 28.8 Å². The quantitative estimate of drug-likeness (QED) is 0.573. The molecule has 4 saturated carbocycles. The van der Waals surface area contributed by atoms with Crippen LogP contribution in [0.2, 0.25) is 0 Å². The van der Waals surface area contributed by atoms with Crippen LogP contribution >= 0.6 is 0 Å². The second kappa shape index (κ2) is 7.31. The van der Waals surface area contributed by atoms with Gasteiger partial charge in [0.25, 0.3) is 5.69 Å². The number of hydrogen-bond acceptors (Lipinski definition) is 4. The normalized spacial score (nSPS) is 31.6. The van der Waals surface area contributed by atoms with Crippen molar-refractivity contribution in [3.8, 4) is 0 Å². The number of hydrogen-bond donors (Lipinski definition) is 1. The first kappa shape index (κ1) is 20.5. The summed E-state index contributed by atoms with van der Waals surface area (Å²) < 4.78 is 0. The van der Waals surface area contributed by atoms with Gasteiger partial charge in [0.1, 0.15) is 6.04 Å².